The van der Waals surface area contributed by atoms with Crippen LogP contribution in [0.3, 0.4) is 0 Å². The van der Waals surface area contributed by atoms with Crippen LogP contribution in [0, 0.1) is 0 Å². The summed E-state index contributed by atoms with van der Waals surface area (Å²) in [7, 11) is 0. The van der Waals surface area contributed by atoms with Crippen molar-refractivity contribution in [3.8, 4) is 0 Å². The van der Waals surface area contributed by atoms with Crippen LogP contribution in [0.2, 0.25) is 0 Å². The number of H-pyrrole nitrogens is 1. The molecular weight excluding hydrogens is 376 g/mol. The van der Waals surface area contributed by atoms with Crippen molar-refractivity contribution in [3.05, 3.63) is 107 Å². The highest BCUT2D eigenvalue weighted by atomic mass is 16.4. The van der Waals surface area contributed by atoms with Crippen LogP contribution in [-0.2, 0) is 6.42 Å². The fourth-order valence-electron chi connectivity index (χ4n) is 3.61. The Morgan fingerprint density at radius 2 is 1.60 bits per heavy atom. The Hall–Kier alpha value is -3.70. The zero-order chi connectivity index (χ0) is 20.9. The van der Waals surface area contributed by atoms with Crippen molar-refractivity contribution in [2.24, 2.45) is 0 Å². The van der Waals surface area contributed by atoms with Gasteiger partial charge in [-0.15, -0.1) is 0 Å². The molecule has 0 aliphatic heterocycles. The summed E-state index contributed by atoms with van der Waals surface area (Å²) in [6.07, 6.45) is 2.46. The number of benzene rings is 3. The maximum atomic E-state index is 13.4. The van der Waals surface area contributed by atoms with Crippen molar-refractivity contribution < 1.29 is 14.7 Å². The number of aromatic carboxylic acids is 1. The second-order valence-corrected chi connectivity index (χ2v) is 7.16. The topological polar surface area (TPSA) is 82.2 Å². The SMILES string of the molecule is O=C(O)c1ccc(CCNC(C(=O)c2c[nH]c3ccccc23)c2ccccc2)cc1. The molecule has 30 heavy (non-hydrogen) atoms. The number of hydrogen-bond acceptors (Lipinski definition) is 3. The van der Waals surface area contributed by atoms with Gasteiger partial charge < -0.3 is 15.4 Å². The summed E-state index contributed by atoms with van der Waals surface area (Å²) >= 11 is 0. The molecule has 0 saturated carbocycles. The highest BCUT2D eigenvalue weighted by Crippen LogP contribution is 2.24. The summed E-state index contributed by atoms with van der Waals surface area (Å²) in [6.45, 7) is 0.583. The summed E-state index contributed by atoms with van der Waals surface area (Å²) in [5.74, 6) is -0.923. The molecule has 0 radical (unpaired) electrons. The molecule has 0 bridgehead atoms. The summed E-state index contributed by atoms with van der Waals surface area (Å²) in [5, 5.41) is 13.3. The van der Waals surface area contributed by atoms with E-state index in [1.54, 1.807) is 18.3 Å². The molecule has 0 aliphatic rings. The molecule has 0 amide bonds. The van der Waals surface area contributed by atoms with E-state index in [9.17, 15) is 9.59 Å². The molecule has 1 heterocycles. The van der Waals surface area contributed by atoms with Crippen molar-refractivity contribution in [1.82, 2.24) is 10.3 Å². The van der Waals surface area contributed by atoms with Gasteiger partial charge in [0.15, 0.2) is 5.78 Å². The molecule has 0 fully saturated rings. The number of aromatic nitrogens is 1. The Morgan fingerprint density at radius 1 is 0.900 bits per heavy atom. The van der Waals surface area contributed by atoms with Crippen LogP contribution in [-0.4, -0.2) is 28.4 Å². The van der Waals surface area contributed by atoms with Gasteiger partial charge >= 0.3 is 5.97 Å². The molecule has 1 unspecified atom stereocenters. The second kappa shape index (κ2) is 8.76. The number of carbonyl (C=O) groups excluding carboxylic acids is 1. The monoisotopic (exact) mass is 398 g/mol. The number of carboxylic acids is 1. The number of hydrogen-bond donors (Lipinski definition) is 3. The lowest BCUT2D eigenvalue weighted by Gasteiger charge is -2.18. The van der Waals surface area contributed by atoms with Gasteiger partial charge in [0.2, 0.25) is 0 Å². The van der Waals surface area contributed by atoms with E-state index in [-0.39, 0.29) is 11.3 Å². The number of rotatable bonds is 8. The van der Waals surface area contributed by atoms with Crippen molar-refractivity contribution >= 4 is 22.7 Å². The Labute approximate surface area is 174 Å². The van der Waals surface area contributed by atoms with E-state index < -0.39 is 12.0 Å². The van der Waals surface area contributed by atoms with E-state index in [1.165, 1.54) is 0 Å². The molecule has 5 nitrogen and oxygen atoms in total. The number of ketones is 1. The van der Waals surface area contributed by atoms with Crippen LogP contribution in [0.25, 0.3) is 10.9 Å². The van der Waals surface area contributed by atoms with Gasteiger partial charge in [-0.3, -0.25) is 4.79 Å². The Bertz CT molecular complexity index is 1160. The number of nitrogens with one attached hydrogen (secondary N) is 2. The summed E-state index contributed by atoms with van der Waals surface area (Å²) in [5.41, 5.74) is 3.79. The van der Waals surface area contributed by atoms with Crippen LogP contribution in [0.15, 0.2) is 85.1 Å². The van der Waals surface area contributed by atoms with Crippen molar-refractivity contribution in [3.63, 3.8) is 0 Å². The summed E-state index contributed by atoms with van der Waals surface area (Å²) in [6, 6.07) is 23.8. The van der Waals surface area contributed by atoms with Crippen molar-refractivity contribution in [2.45, 2.75) is 12.5 Å². The van der Waals surface area contributed by atoms with Gasteiger partial charge in [-0.1, -0.05) is 60.7 Å². The summed E-state index contributed by atoms with van der Waals surface area (Å²) in [4.78, 5) is 27.6. The minimum Gasteiger partial charge on any atom is -0.478 e. The highest BCUT2D eigenvalue weighted by molar-refractivity contribution is 6.10. The molecule has 0 spiro atoms. The predicted molar refractivity (Wildman–Crippen MR) is 117 cm³/mol. The molecule has 5 heteroatoms. The molecule has 3 N–H and O–H groups in total. The predicted octanol–water partition coefficient (Wildman–Crippen LogP) is 4.62. The van der Waals surface area contributed by atoms with E-state index >= 15 is 0 Å². The van der Waals surface area contributed by atoms with Crippen LogP contribution < -0.4 is 5.32 Å². The third kappa shape index (κ3) is 4.16. The van der Waals surface area contributed by atoms with E-state index in [0.29, 0.717) is 18.5 Å². The van der Waals surface area contributed by atoms with Crippen LogP contribution in [0.4, 0.5) is 0 Å². The zero-order valence-corrected chi connectivity index (χ0v) is 16.3. The average Bonchev–Trinajstić information content (AvgIpc) is 3.21. The van der Waals surface area contributed by atoms with E-state index in [4.69, 9.17) is 5.11 Å². The number of para-hydroxylation sites is 1. The lowest BCUT2D eigenvalue weighted by Crippen LogP contribution is -2.30. The maximum Gasteiger partial charge on any atom is 0.335 e. The Kier molecular flexibility index (Phi) is 5.72. The van der Waals surface area contributed by atoms with Crippen molar-refractivity contribution in [1.29, 1.82) is 0 Å². The summed E-state index contributed by atoms with van der Waals surface area (Å²) < 4.78 is 0. The standard InChI is InChI=1S/C25H22N2O3/c28-24(21-16-27-22-9-5-4-8-20(21)22)23(18-6-2-1-3-7-18)26-15-14-17-10-12-19(13-11-17)25(29)30/h1-13,16,23,26-27H,14-15H2,(H,29,30). The fraction of sp³-hybridized carbons (Fsp3) is 0.120. The largest absolute Gasteiger partial charge is 0.478 e. The van der Waals surface area contributed by atoms with Gasteiger partial charge in [0.25, 0.3) is 0 Å². The molecule has 4 rings (SSSR count). The highest BCUT2D eigenvalue weighted by Gasteiger charge is 2.23. The molecule has 0 saturated heterocycles. The van der Waals surface area contributed by atoms with Gasteiger partial charge in [0.1, 0.15) is 0 Å². The quantitative estimate of drug-likeness (QED) is 0.378. The number of carboxylic acid groups (broad SMARTS) is 1. The average molecular weight is 398 g/mol. The Balaban J connectivity index is 1.53. The molecule has 0 aliphatic carbocycles. The lowest BCUT2D eigenvalue weighted by atomic mass is 9.96. The molecule has 4 aromatic rings. The van der Waals surface area contributed by atoms with Gasteiger partial charge in [0, 0.05) is 29.2 Å². The number of aromatic amines is 1. The zero-order valence-electron chi connectivity index (χ0n) is 16.3. The van der Waals surface area contributed by atoms with Gasteiger partial charge in [-0.05, 0) is 35.7 Å². The fourth-order valence-corrected chi connectivity index (χ4v) is 3.61. The van der Waals surface area contributed by atoms with E-state index in [1.807, 2.05) is 66.7 Å². The Morgan fingerprint density at radius 3 is 2.33 bits per heavy atom. The van der Waals surface area contributed by atoms with Crippen LogP contribution in [0.1, 0.15) is 37.9 Å². The number of fused-ring (bicyclic) bond motifs is 1. The first kappa shape index (κ1) is 19.6. The van der Waals surface area contributed by atoms with Gasteiger partial charge in [-0.2, -0.15) is 0 Å². The van der Waals surface area contributed by atoms with Crippen LogP contribution in [0.5, 0.6) is 0 Å². The van der Waals surface area contributed by atoms with Crippen LogP contribution >= 0.6 is 0 Å². The maximum absolute atomic E-state index is 13.4. The first-order valence-electron chi connectivity index (χ1n) is 9.84. The third-order valence-corrected chi connectivity index (χ3v) is 5.21. The minimum atomic E-state index is -0.937. The molecule has 3 aromatic carbocycles. The van der Waals surface area contributed by atoms with Gasteiger partial charge in [0.05, 0.1) is 11.6 Å². The first-order valence-corrected chi connectivity index (χ1v) is 9.84. The smallest absolute Gasteiger partial charge is 0.335 e. The normalized spacial score (nSPS) is 12.0. The third-order valence-electron chi connectivity index (χ3n) is 5.21. The lowest BCUT2D eigenvalue weighted by molar-refractivity contribution is 0.0696. The molecule has 1 aromatic heterocycles. The second-order valence-electron chi connectivity index (χ2n) is 7.16. The first-order chi connectivity index (χ1) is 14.6. The molecule has 1 atom stereocenters. The number of carbonyl (C=O) groups is 2. The van der Waals surface area contributed by atoms with E-state index in [0.717, 1.165) is 22.0 Å². The molecular formula is C25H22N2O3. The number of Topliss-reactive ketones (excluding diaryl/α,β-unsaturated/α-hetero) is 1. The van der Waals surface area contributed by atoms with Gasteiger partial charge in [-0.25, -0.2) is 4.79 Å². The van der Waals surface area contributed by atoms with Crippen molar-refractivity contribution in [2.75, 3.05) is 6.54 Å². The van der Waals surface area contributed by atoms with E-state index in [2.05, 4.69) is 10.3 Å². The molecule has 150 valence electrons. The minimum absolute atomic E-state index is 0.0138.